The van der Waals surface area contributed by atoms with Crippen LogP contribution in [0.2, 0.25) is 0 Å². The zero-order chi connectivity index (χ0) is 19.5. The van der Waals surface area contributed by atoms with Crippen LogP contribution in [-0.2, 0) is 14.2 Å². The molecule has 0 aliphatic carbocycles. The van der Waals surface area contributed by atoms with E-state index in [1.54, 1.807) is 11.1 Å². The van der Waals surface area contributed by atoms with E-state index in [-0.39, 0.29) is 23.9 Å². The van der Waals surface area contributed by atoms with Crippen LogP contribution in [0, 0.1) is 0 Å². The normalized spacial score (nSPS) is 25.4. The van der Waals surface area contributed by atoms with Crippen molar-refractivity contribution in [1.82, 2.24) is 9.88 Å². The molecule has 3 heterocycles. The molecule has 1 aromatic heterocycles. The minimum Gasteiger partial charge on any atom is -0.444 e. The molecule has 2 fully saturated rings. The number of nitrogens with zero attached hydrogens (tertiary/aromatic N) is 2. The first-order valence-electron chi connectivity index (χ1n) is 9.98. The Kier molecular flexibility index (Phi) is 6.06. The predicted octanol–water partition coefficient (Wildman–Crippen LogP) is 4.11. The minimum atomic E-state index is -0.475. The van der Waals surface area contributed by atoms with Crippen molar-refractivity contribution in [2.45, 2.75) is 76.8 Å². The van der Waals surface area contributed by atoms with E-state index in [1.165, 1.54) is 0 Å². The van der Waals surface area contributed by atoms with Crippen LogP contribution in [0.25, 0.3) is 0 Å². The van der Waals surface area contributed by atoms with Gasteiger partial charge >= 0.3 is 6.09 Å². The minimum absolute atomic E-state index is 0.0652. The maximum absolute atomic E-state index is 12.4. The molecule has 1 aromatic rings. The summed E-state index contributed by atoms with van der Waals surface area (Å²) >= 11 is 0. The monoisotopic (exact) mass is 376 g/mol. The summed E-state index contributed by atoms with van der Waals surface area (Å²) in [5.74, 6) is 0. The predicted molar refractivity (Wildman–Crippen MR) is 102 cm³/mol. The number of ether oxygens (including phenoxy) is 3. The van der Waals surface area contributed by atoms with Crippen molar-refractivity contribution in [1.29, 1.82) is 0 Å². The number of hydrogen-bond acceptors (Lipinski definition) is 5. The Hall–Kier alpha value is -1.66. The van der Waals surface area contributed by atoms with E-state index in [4.69, 9.17) is 14.2 Å². The third-order valence-electron chi connectivity index (χ3n) is 5.22. The van der Waals surface area contributed by atoms with Crippen LogP contribution in [-0.4, -0.2) is 53.0 Å². The molecule has 0 saturated carbocycles. The molecule has 0 radical (unpaired) electrons. The lowest BCUT2D eigenvalue weighted by atomic mass is 9.81. The van der Waals surface area contributed by atoms with Gasteiger partial charge < -0.3 is 19.1 Å². The third kappa shape index (κ3) is 5.20. The van der Waals surface area contributed by atoms with Gasteiger partial charge in [-0.3, -0.25) is 4.98 Å². The standard InChI is InChI=1S/C21H32N2O4/c1-5-25-16-14-18(17-8-6-7-11-22-17)26-21(15-16)9-12-23(13-10-21)19(24)27-20(2,3)4/h6-8,11,16,18H,5,9-10,12-15H2,1-4H3/t16-,18-/m0/s1. The molecular formula is C21H32N2O4. The fourth-order valence-corrected chi connectivity index (χ4v) is 3.99. The number of aromatic nitrogens is 1. The second-order valence-corrected chi connectivity index (χ2v) is 8.53. The van der Waals surface area contributed by atoms with Crippen LogP contribution in [0.5, 0.6) is 0 Å². The Morgan fingerprint density at radius 1 is 1.33 bits per heavy atom. The summed E-state index contributed by atoms with van der Waals surface area (Å²) in [5, 5.41) is 0. The Morgan fingerprint density at radius 2 is 2.07 bits per heavy atom. The molecule has 27 heavy (non-hydrogen) atoms. The molecular weight excluding hydrogens is 344 g/mol. The first kappa shape index (κ1) is 20.1. The first-order chi connectivity index (χ1) is 12.8. The van der Waals surface area contributed by atoms with Gasteiger partial charge in [-0.1, -0.05) is 6.07 Å². The molecule has 2 atom stereocenters. The Labute approximate surface area is 162 Å². The highest BCUT2D eigenvalue weighted by atomic mass is 16.6. The summed E-state index contributed by atoms with van der Waals surface area (Å²) < 4.78 is 18.1. The van der Waals surface area contributed by atoms with Crippen LogP contribution in [0.3, 0.4) is 0 Å². The van der Waals surface area contributed by atoms with Gasteiger partial charge in [0.1, 0.15) is 11.7 Å². The van der Waals surface area contributed by atoms with E-state index in [2.05, 4.69) is 4.98 Å². The van der Waals surface area contributed by atoms with Crippen LogP contribution in [0.4, 0.5) is 4.79 Å². The van der Waals surface area contributed by atoms with E-state index >= 15 is 0 Å². The van der Waals surface area contributed by atoms with E-state index in [9.17, 15) is 4.79 Å². The molecule has 0 N–H and O–H groups in total. The lowest BCUT2D eigenvalue weighted by Crippen LogP contribution is -2.53. The average Bonchev–Trinajstić information content (AvgIpc) is 2.61. The summed E-state index contributed by atoms with van der Waals surface area (Å²) in [7, 11) is 0. The van der Waals surface area contributed by atoms with Gasteiger partial charge in [-0.15, -0.1) is 0 Å². The fraction of sp³-hybridized carbons (Fsp3) is 0.714. The third-order valence-corrected chi connectivity index (χ3v) is 5.22. The molecule has 6 heteroatoms. The Bertz CT molecular complexity index is 621. The number of piperidine rings is 1. The SMILES string of the molecule is CCO[C@H]1C[C@@H](c2ccccn2)OC2(CCN(C(=O)OC(C)(C)C)CC2)C1. The van der Waals surface area contributed by atoms with Gasteiger partial charge in [-0.25, -0.2) is 4.79 Å². The maximum Gasteiger partial charge on any atom is 0.410 e. The molecule has 1 amide bonds. The van der Waals surface area contributed by atoms with Crippen LogP contribution in [0.1, 0.15) is 65.2 Å². The number of pyridine rings is 1. The second kappa shape index (κ2) is 8.15. The number of carbonyl (C=O) groups excluding carboxylic acids is 1. The highest BCUT2D eigenvalue weighted by Gasteiger charge is 2.45. The highest BCUT2D eigenvalue weighted by molar-refractivity contribution is 5.68. The van der Waals surface area contributed by atoms with E-state index in [0.29, 0.717) is 19.7 Å². The Morgan fingerprint density at radius 3 is 2.67 bits per heavy atom. The molecule has 0 bridgehead atoms. The van der Waals surface area contributed by atoms with Gasteiger partial charge in [-0.05, 0) is 52.7 Å². The van der Waals surface area contributed by atoms with E-state index in [1.807, 2.05) is 45.9 Å². The largest absolute Gasteiger partial charge is 0.444 e. The number of rotatable bonds is 3. The van der Waals surface area contributed by atoms with Crippen LogP contribution < -0.4 is 0 Å². The molecule has 6 nitrogen and oxygen atoms in total. The van der Waals surface area contributed by atoms with E-state index in [0.717, 1.165) is 31.4 Å². The molecule has 1 spiro atoms. The van der Waals surface area contributed by atoms with Gasteiger partial charge in [0.15, 0.2) is 0 Å². The molecule has 3 rings (SSSR count). The fourth-order valence-electron chi connectivity index (χ4n) is 3.99. The number of hydrogen-bond donors (Lipinski definition) is 0. The number of likely N-dealkylation sites (tertiary alicyclic amines) is 1. The lowest BCUT2D eigenvalue weighted by Gasteiger charge is -2.48. The van der Waals surface area contributed by atoms with Crippen molar-refractivity contribution in [3.05, 3.63) is 30.1 Å². The maximum atomic E-state index is 12.4. The van der Waals surface area contributed by atoms with Gasteiger partial charge in [0, 0.05) is 38.7 Å². The number of carbonyl (C=O) groups is 1. The van der Waals surface area contributed by atoms with Crippen LogP contribution >= 0.6 is 0 Å². The summed E-state index contributed by atoms with van der Waals surface area (Å²) in [6, 6.07) is 5.93. The van der Waals surface area contributed by atoms with Crippen molar-refractivity contribution < 1.29 is 19.0 Å². The zero-order valence-corrected chi connectivity index (χ0v) is 16.9. The summed E-state index contributed by atoms with van der Waals surface area (Å²) in [6.07, 6.45) is 4.93. The van der Waals surface area contributed by atoms with Gasteiger partial charge in [0.2, 0.25) is 0 Å². The molecule has 0 aromatic carbocycles. The van der Waals surface area contributed by atoms with Gasteiger partial charge in [-0.2, -0.15) is 0 Å². The molecule has 2 aliphatic heterocycles. The summed E-state index contributed by atoms with van der Waals surface area (Å²) in [6.45, 7) is 9.69. The summed E-state index contributed by atoms with van der Waals surface area (Å²) in [5.41, 5.74) is 0.215. The topological polar surface area (TPSA) is 60.9 Å². The van der Waals surface area contributed by atoms with E-state index < -0.39 is 5.60 Å². The van der Waals surface area contributed by atoms with Crippen molar-refractivity contribution >= 4 is 6.09 Å². The van der Waals surface area contributed by atoms with Gasteiger partial charge in [0.05, 0.1) is 17.4 Å². The van der Waals surface area contributed by atoms with Crippen LogP contribution in [0.15, 0.2) is 24.4 Å². The molecule has 150 valence electrons. The highest BCUT2D eigenvalue weighted by Crippen LogP contribution is 2.43. The molecule has 0 unspecified atom stereocenters. The van der Waals surface area contributed by atoms with Crippen molar-refractivity contribution in [3.8, 4) is 0 Å². The Balaban J connectivity index is 1.68. The van der Waals surface area contributed by atoms with Crippen molar-refractivity contribution in [2.75, 3.05) is 19.7 Å². The first-order valence-corrected chi connectivity index (χ1v) is 9.98. The quantitative estimate of drug-likeness (QED) is 0.794. The smallest absolute Gasteiger partial charge is 0.410 e. The number of amides is 1. The van der Waals surface area contributed by atoms with Gasteiger partial charge in [0.25, 0.3) is 0 Å². The molecule has 2 saturated heterocycles. The van der Waals surface area contributed by atoms with Crippen molar-refractivity contribution in [3.63, 3.8) is 0 Å². The average molecular weight is 376 g/mol. The lowest BCUT2D eigenvalue weighted by molar-refractivity contribution is -0.192. The zero-order valence-electron chi connectivity index (χ0n) is 16.9. The summed E-state index contributed by atoms with van der Waals surface area (Å²) in [4.78, 5) is 18.7. The second-order valence-electron chi connectivity index (χ2n) is 8.53. The molecule has 2 aliphatic rings. The van der Waals surface area contributed by atoms with Crippen molar-refractivity contribution in [2.24, 2.45) is 0 Å².